The Morgan fingerprint density at radius 2 is 2.00 bits per heavy atom. The fourth-order valence-electron chi connectivity index (χ4n) is 1.65. The van der Waals surface area contributed by atoms with Crippen molar-refractivity contribution in [2.24, 2.45) is 5.41 Å². The molecule has 0 fully saturated rings. The van der Waals surface area contributed by atoms with E-state index >= 15 is 0 Å². The monoisotopic (exact) mass is 270 g/mol. The lowest BCUT2D eigenvalue weighted by Crippen LogP contribution is -2.16. The molecule has 0 aromatic heterocycles. The van der Waals surface area contributed by atoms with E-state index in [1.807, 2.05) is 0 Å². The molecule has 0 aliphatic rings. The maximum atomic E-state index is 5.25. The van der Waals surface area contributed by atoms with Crippen LogP contribution in [0.2, 0.25) is 0 Å². The Bertz CT molecular complexity index is 331. The van der Waals surface area contributed by atoms with Crippen molar-refractivity contribution >= 4 is 15.9 Å². The molecule has 0 amide bonds. The lowest BCUT2D eigenvalue weighted by molar-refractivity contribution is 0.408. The standard InChI is InChI=1S/C13H19BrO/c1-10-7-11(5-6-12(10)15-4)8-13(2,3)9-14/h5-7H,8-9H2,1-4H3. The van der Waals surface area contributed by atoms with Gasteiger partial charge in [0.25, 0.3) is 0 Å². The fraction of sp³-hybridized carbons (Fsp3) is 0.538. The number of ether oxygens (including phenoxy) is 1. The quantitative estimate of drug-likeness (QED) is 0.753. The van der Waals surface area contributed by atoms with Crippen molar-refractivity contribution in [3.63, 3.8) is 0 Å². The third-order valence-corrected chi connectivity index (χ3v) is 4.02. The molecule has 0 N–H and O–H groups in total. The van der Waals surface area contributed by atoms with E-state index < -0.39 is 0 Å². The molecule has 0 unspecified atom stereocenters. The lowest BCUT2D eigenvalue weighted by atomic mass is 9.87. The first kappa shape index (κ1) is 12.6. The Kier molecular flexibility index (Phi) is 4.21. The molecule has 0 aliphatic heterocycles. The molecule has 0 heterocycles. The maximum Gasteiger partial charge on any atom is 0.121 e. The second-order valence-corrected chi connectivity index (χ2v) is 5.34. The summed E-state index contributed by atoms with van der Waals surface area (Å²) in [4.78, 5) is 0. The summed E-state index contributed by atoms with van der Waals surface area (Å²) in [5, 5.41) is 1.02. The van der Waals surface area contributed by atoms with Gasteiger partial charge in [0.1, 0.15) is 5.75 Å². The minimum Gasteiger partial charge on any atom is -0.496 e. The highest BCUT2D eigenvalue weighted by Crippen LogP contribution is 2.26. The fourth-order valence-corrected chi connectivity index (χ4v) is 1.85. The molecule has 0 saturated heterocycles. The molecule has 1 aromatic rings. The molecule has 1 aromatic carbocycles. The maximum absolute atomic E-state index is 5.25. The van der Waals surface area contributed by atoms with Crippen LogP contribution in [0.3, 0.4) is 0 Å². The summed E-state index contributed by atoms with van der Waals surface area (Å²) < 4.78 is 5.25. The zero-order valence-corrected chi connectivity index (χ0v) is 11.5. The highest BCUT2D eigenvalue weighted by molar-refractivity contribution is 9.09. The third-order valence-electron chi connectivity index (χ3n) is 2.50. The minimum absolute atomic E-state index is 0.307. The van der Waals surface area contributed by atoms with Gasteiger partial charge in [0, 0.05) is 5.33 Å². The van der Waals surface area contributed by atoms with E-state index in [1.165, 1.54) is 11.1 Å². The Morgan fingerprint density at radius 3 is 2.47 bits per heavy atom. The average Bonchev–Trinajstić information content (AvgIpc) is 2.17. The Hall–Kier alpha value is -0.500. The summed E-state index contributed by atoms with van der Waals surface area (Å²) in [6, 6.07) is 6.41. The van der Waals surface area contributed by atoms with Crippen molar-refractivity contribution in [2.75, 3.05) is 12.4 Å². The molecule has 0 atom stereocenters. The summed E-state index contributed by atoms with van der Waals surface area (Å²) in [6.07, 6.45) is 1.09. The van der Waals surface area contributed by atoms with Crippen molar-refractivity contribution in [3.05, 3.63) is 29.3 Å². The van der Waals surface area contributed by atoms with Crippen LogP contribution in [0.5, 0.6) is 5.75 Å². The van der Waals surface area contributed by atoms with Crippen LogP contribution in [-0.4, -0.2) is 12.4 Å². The van der Waals surface area contributed by atoms with Crippen molar-refractivity contribution in [2.45, 2.75) is 27.2 Å². The molecule has 15 heavy (non-hydrogen) atoms. The SMILES string of the molecule is COc1ccc(CC(C)(C)CBr)cc1C. The second-order valence-electron chi connectivity index (χ2n) is 4.78. The number of benzene rings is 1. The van der Waals surface area contributed by atoms with Gasteiger partial charge in [0.2, 0.25) is 0 Å². The summed E-state index contributed by atoms with van der Waals surface area (Å²) >= 11 is 3.55. The van der Waals surface area contributed by atoms with Gasteiger partial charge in [-0.25, -0.2) is 0 Å². The molecule has 0 aliphatic carbocycles. The number of halogens is 1. The Morgan fingerprint density at radius 1 is 1.33 bits per heavy atom. The summed E-state index contributed by atoms with van der Waals surface area (Å²) in [7, 11) is 1.71. The van der Waals surface area contributed by atoms with Crippen molar-refractivity contribution in [1.82, 2.24) is 0 Å². The van der Waals surface area contributed by atoms with Crippen LogP contribution >= 0.6 is 15.9 Å². The Balaban J connectivity index is 2.84. The highest BCUT2D eigenvalue weighted by Gasteiger charge is 2.16. The highest BCUT2D eigenvalue weighted by atomic mass is 79.9. The van der Waals surface area contributed by atoms with Crippen LogP contribution in [0.25, 0.3) is 0 Å². The average molecular weight is 271 g/mol. The van der Waals surface area contributed by atoms with Gasteiger partial charge in [-0.2, -0.15) is 0 Å². The van der Waals surface area contributed by atoms with Gasteiger partial charge in [0.05, 0.1) is 7.11 Å². The first-order valence-electron chi connectivity index (χ1n) is 5.18. The van der Waals surface area contributed by atoms with Crippen molar-refractivity contribution < 1.29 is 4.74 Å². The first-order valence-corrected chi connectivity index (χ1v) is 6.30. The number of alkyl halides is 1. The van der Waals surface area contributed by atoms with E-state index in [0.29, 0.717) is 5.41 Å². The van der Waals surface area contributed by atoms with E-state index in [1.54, 1.807) is 7.11 Å². The molecular formula is C13H19BrO. The smallest absolute Gasteiger partial charge is 0.121 e. The molecule has 0 spiro atoms. The van der Waals surface area contributed by atoms with Crippen molar-refractivity contribution in [3.8, 4) is 5.75 Å². The third kappa shape index (κ3) is 3.53. The molecule has 0 saturated carbocycles. The van der Waals surface area contributed by atoms with Crippen LogP contribution in [-0.2, 0) is 6.42 Å². The van der Waals surface area contributed by atoms with E-state index in [9.17, 15) is 0 Å². The largest absolute Gasteiger partial charge is 0.496 e. The van der Waals surface area contributed by atoms with Crippen LogP contribution in [0.4, 0.5) is 0 Å². The molecule has 1 nitrogen and oxygen atoms in total. The predicted molar refractivity (Wildman–Crippen MR) is 69.0 cm³/mol. The predicted octanol–water partition coefficient (Wildman–Crippen LogP) is 3.97. The summed E-state index contributed by atoms with van der Waals surface area (Å²) in [5.74, 6) is 0.968. The van der Waals surface area contributed by atoms with Gasteiger partial charge in [-0.15, -0.1) is 0 Å². The molecule has 2 heteroatoms. The van der Waals surface area contributed by atoms with Gasteiger partial charge in [-0.1, -0.05) is 41.9 Å². The van der Waals surface area contributed by atoms with Crippen LogP contribution in [0.1, 0.15) is 25.0 Å². The van der Waals surface area contributed by atoms with Crippen LogP contribution < -0.4 is 4.74 Å². The van der Waals surface area contributed by atoms with Gasteiger partial charge in [-0.05, 0) is 36.0 Å². The molecular weight excluding hydrogens is 252 g/mol. The lowest BCUT2D eigenvalue weighted by Gasteiger charge is -2.22. The Labute approximate surface area is 101 Å². The molecule has 0 bridgehead atoms. The van der Waals surface area contributed by atoms with E-state index in [4.69, 9.17) is 4.74 Å². The topological polar surface area (TPSA) is 9.23 Å². The van der Waals surface area contributed by atoms with Gasteiger partial charge >= 0.3 is 0 Å². The number of rotatable bonds is 4. The second kappa shape index (κ2) is 5.02. The van der Waals surface area contributed by atoms with E-state index in [2.05, 4.69) is 54.9 Å². The molecule has 1 rings (SSSR count). The first-order chi connectivity index (χ1) is 6.98. The van der Waals surface area contributed by atoms with Crippen LogP contribution in [0.15, 0.2) is 18.2 Å². The minimum atomic E-state index is 0.307. The van der Waals surface area contributed by atoms with Crippen LogP contribution in [0, 0.1) is 12.3 Å². The summed E-state index contributed by atoms with van der Waals surface area (Å²) in [5.41, 5.74) is 2.89. The van der Waals surface area contributed by atoms with Crippen molar-refractivity contribution in [1.29, 1.82) is 0 Å². The van der Waals surface area contributed by atoms with E-state index in [-0.39, 0.29) is 0 Å². The number of hydrogen-bond donors (Lipinski definition) is 0. The zero-order valence-electron chi connectivity index (χ0n) is 9.93. The number of hydrogen-bond acceptors (Lipinski definition) is 1. The van der Waals surface area contributed by atoms with Gasteiger partial charge in [-0.3, -0.25) is 0 Å². The van der Waals surface area contributed by atoms with E-state index in [0.717, 1.165) is 17.5 Å². The number of aryl methyl sites for hydroxylation is 1. The summed E-state index contributed by atoms with van der Waals surface area (Å²) in [6.45, 7) is 6.62. The zero-order chi connectivity index (χ0) is 11.5. The number of methoxy groups -OCH3 is 1. The van der Waals surface area contributed by atoms with Gasteiger partial charge < -0.3 is 4.74 Å². The molecule has 0 radical (unpaired) electrons. The molecule has 84 valence electrons. The normalized spacial score (nSPS) is 11.5. The van der Waals surface area contributed by atoms with Gasteiger partial charge in [0.15, 0.2) is 0 Å².